The predicted molar refractivity (Wildman–Crippen MR) is 38.7 cm³/mol. The molecule has 1 atom stereocenters. The molecule has 0 spiro atoms. The number of ether oxygens (including phenoxy) is 1. The number of rotatable bonds is 4. The lowest BCUT2D eigenvalue weighted by Gasteiger charge is -2.26. The number of hydrogen-bond donors (Lipinski definition) is 2. The van der Waals surface area contributed by atoms with Crippen molar-refractivity contribution in [3.63, 3.8) is 0 Å². The highest BCUT2D eigenvalue weighted by atomic mass is 16.5. The van der Waals surface area contributed by atoms with Crippen molar-refractivity contribution in [3.05, 3.63) is 0 Å². The van der Waals surface area contributed by atoms with Gasteiger partial charge in [-0.2, -0.15) is 0 Å². The minimum absolute atomic E-state index is 0.0206. The van der Waals surface area contributed by atoms with Gasteiger partial charge in [0.05, 0.1) is 25.4 Å². The third-order valence-corrected chi connectivity index (χ3v) is 1.83. The zero-order valence-electron chi connectivity index (χ0n) is 6.12. The lowest BCUT2D eigenvalue weighted by molar-refractivity contribution is -0.00997. The van der Waals surface area contributed by atoms with E-state index >= 15 is 0 Å². The molecule has 0 radical (unpaired) electrons. The largest absolute Gasteiger partial charge is 0.395 e. The van der Waals surface area contributed by atoms with E-state index in [0.717, 1.165) is 12.8 Å². The van der Waals surface area contributed by atoms with Crippen LogP contribution in [0.5, 0.6) is 0 Å². The molecule has 1 fully saturated rings. The molecular formula is C7H15NO2. The molecule has 1 aliphatic rings. The third-order valence-electron chi connectivity index (χ3n) is 1.83. The molecule has 3 N–H and O–H groups in total. The van der Waals surface area contributed by atoms with Crippen molar-refractivity contribution in [1.29, 1.82) is 0 Å². The van der Waals surface area contributed by atoms with Crippen molar-refractivity contribution in [1.82, 2.24) is 0 Å². The highest BCUT2D eigenvalue weighted by Crippen LogP contribution is 2.21. The van der Waals surface area contributed by atoms with E-state index in [0.29, 0.717) is 12.7 Å². The molecule has 10 heavy (non-hydrogen) atoms. The maximum Gasteiger partial charge on any atom is 0.0643 e. The first-order valence-corrected chi connectivity index (χ1v) is 3.81. The summed E-state index contributed by atoms with van der Waals surface area (Å²) in [6, 6.07) is -0.194. The first-order valence-electron chi connectivity index (χ1n) is 3.81. The lowest BCUT2D eigenvalue weighted by Crippen LogP contribution is -2.34. The fraction of sp³-hybridized carbons (Fsp3) is 1.00. The third kappa shape index (κ3) is 2.25. The monoisotopic (exact) mass is 145 g/mol. The van der Waals surface area contributed by atoms with Crippen LogP contribution in [0.4, 0.5) is 0 Å². The number of aliphatic hydroxyl groups is 1. The summed E-state index contributed by atoms with van der Waals surface area (Å²) in [6.45, 7) is 0.522. The van der Waals surface area contributed by atoms with E-state index < -0.39 is 0 Å². The molecule has 0 aromatic carbocycles. The zero-order valence-corrected chi connectivity index (χ0v) is 6.12. The molecule has 3 heteroatoms. The summed E-state index contributed by atoms with van der Waals surface area (Å²) in [7, 11) is 0. The first-order chi connectivity index (χ1) is 4.83. The van der Waals surface area contributed by atoms with Crippen LogP contribution in [0.3, 0.4) is 0 Å². The van der Waals surface area contributed by atoms with Crippen LogP contribution in [0.2, 0.25) is 0 Å². The van der Waals surface area contributed by atoms with Crippen LogP contribution in [0, 0.1) is 0 Å². The van der Waals surface area contributed by atoms with E-state index in [1.807, 2.05) is 0 Å². The van der Waals surface area contributed by atoms with Gasteiger partial charge in [-0.15, -0.1) is 0 Å². The fourth-order valence-electron chi connectivity index (χ4n) is 0.850. The van der Waals surface area contributed by atoms with E-state index in [9.17, 15) is 0 Å². The van der Waals surface area contributed by atoms with Gasteiger partial charge < -0.3 is 15.6 Å². The second-order valence-corrected chi connectivity index (χ2v) is 2.83. The second-order valence-electron chi connectivity index (χ2n) is 2.83. The van der Waals surface area contributed by atoms with Crippen LogP contribution in [0.1, 0.15) is 19.3 Å². The Morgan fingerprint density at radius 2 is 2.30 bits per heavy atom. The van der Waals surface area contributed by atoms with Gasteiger partial charge in [-0.05, 0) is 19.3 Å². The molecule has 0 aromatic heterocycles. The van der Waals surface area contributed by atoms with Crippen LogP contribution < -0.4 is 5.73 Å². The van der Waals surface area contributed by atoms with Gasteiger partial charge in [-0.1, -0.05) is 0 Å². The fourth-order valence-corrected chi connectivity index (χ4v) is 0.850. The lowest BCUT2D eigenvalue weighted by atomic mass is 9.96. The summed E-state index contributed by atoms with van der Waals surface area (Å²) in [5, 5.41) is 8.53. The van der Waals surface area contributed by atoms with Crippen molar-refractivity contribution in [2.45, 2.75) is 31.4 Å². The summed E-state index contributed by atoms with van der Waals surface area (Å²) in [6.07, 6.45) is 4.03. The van der Waals surface area contributed by atoms with Gasteiger partial charge in [0.15, 0.2) is 0 Å². The Bertz CT molecular complexity index is 88.9. The maximum absolute atomic E-state index is 8.53. The molecule has 0 bridgehead atoms. The Morgan fingerprint density at radius 3 is 2.70 bits per heavy atom. The summed E-state index contributed by atoms with van der Waals surface area (Å²) in [5.74, 6) is 0. The summed E-state index contributed by atoms with van der Waals surface area (Å²) < 4.78 is 5.35. The van der Waals surface area contributed by atoms with Gasteiger partial charge >= 0.3 is 0 Å². The maximum atomic E-state index is 8.53. The Morgan fingerprint density at radius 1 is 1.60 bits per heavy atom. The van der Waals surface area contributed by atoms with Crippen molar-refractivity contribution in [2.75, 3.05) is 13.2 Å². The smallest absolute Gasteiger partial charge is 0.0643 e. The van der Waals surface area contributed by atoms with E-state index in [1.54, 1.807) is 0 Å². The molecule has 60 valence electrons. The van der Waals surface area contributed by atoms with Crippen LogP contribution in [0.15, 0.2) is 0 Å². The van der Waals surface area contributed by atoms with Crippen molar-refractivity contribution >= 4 is 0 Å². The summed E-state index contributed by atoms with van der Waals surface area (Å²) >= 11 is 0. The van der Waals surface area contributed by atoms with Gasteiger partial charge in [0.1, 0.15) is 0 Å². The Balaban J connectivity index is 1.93. The van der Waals surface area contributed by atoms with Crippen molar-refractivity contribution < 1.29 is 9.84 Å². The molecule has 3 nitrogen and oxygen atoms in total. The molecule has 0 aromatic rings. The quantitative estimate of drug-likeness (QED) is 0.579. The number of hydrogen-bond acceptors (Lipinski definition) is 3. The van der Waals surface area contributed by atoms with E-state index in [4.69, 9.17) is 15.6 Å². The Labute approximate surface area is 61.2 Å². The summed E-state index contributed by atoms with van der Waals surface area (Å²) in [4.78, 5) is 0. The molecule has 0 saturated heterocycles. The van der Waals surface area contributed by atoms with Gasteiger partial charge in [-0.25, -0.2) is 0 Å². The number of aliphatic hydroxyl groups excluding tert-OH is 1. The minimum atomic E-state index is -0.194. The average molecular weight is 145 g/mol. The highest BCUT2D eigenvalue weighted by molar-refractivity contribution is 4.70. The molecule has 0 heterocycles. The van der Waals surface area contributed by atoms with Gasteiger partial charge in [0.2, 0.25) is 0 Å². The van der Waals surface area contributed by atoms with E-state index in [-0.39, 0.29) is 12.6 Å². The van der Waals surface area contributed by atoms with Crippen LogP contribution in [0.25, 0.3) is 0 Å². The SMILES string of the molecule is N[C@@H](CO)COC1CCC1. The Kier molecular flexibility index (Phi) is 3.12. The van der Waals surface area contributed by atoms with Gasteiger partial charge in [0, 0.05) is 0 Å². The standard InChI is InChI=1S/C7H15NO2/c8-6(4-9)5-10-7-2-1-3-7/h6-7,9H,1-5,8H2/t6-/m0/s1. The zero-order chi connectivity index (χ0) is 7.40. The van der Waals surface area contributed by atoms with Gasteiger partial charge in [0.25, 0.3) is 0 Å². The molecule has 1 rings (SSSR count). The van der Waals surface area contributed by atoms with Crippen molar-refractivity contribution in [3.8, 4) is 0 Å². The molecule has 1 saturated carbocycles. The van der Waals surface area contributed by atoms with E-state index in [1.165, 1.54) is 6.42 Å². The summed E-state index contributed by atoms with van der Waals surface area (Å²) in [5.41, 5.74) is 5.43. The first kappa shape index (κ1) is 7.98. The molecule has 1 aliphatic carbocycles. The van der Waals surface area contributed by atoms with Crippen LogP contribution >= 0.6 is 0 Å². The normalized spacial score (nSPS) is 22.2. The molecule has 0 aliphatic heterocycles. The Hall–Kier alpha value is -0.120. The van der Waals surface area contributed by atoms with Crippen LogP contribution in [-0.2, 0) is 4.74 Å². The topological polar surface area (TPSA) is 55.5 Å². The highest BCUT2D eigenvalue weighted by Gasteiger charge is 2.18. The second kappa shape index (κ2) is 3.91. The molecule has 0 unspecified atom stereocenters. The van der Waals surface area contributed by atoms with Crippen LogP contribution in [-0.4, -0.2) is 30.5 Å². The molecule has 0 amide bonds. The number of nitrogens with two attached hydrogens (primary N) is 1. The van der Waals surface area contributed by atoms with E-state index in [2.05, 4.69) is 0 Å². The van der Waals surface area contributed by atoms with Crippen molar-refractivity contribution in [2.24, 2.45) is 5.73 Å². The molecular weight excluding hydrogens is 130 g/mol. The van der Waals surface area contributed by atoms with Gasteiger partial charge in [-0.3, -0.25) is 0 Å². The predicted octanol–water partition coefficient (Wildman–Crippen LogP) is -0.125. The average Bonchev–Trinajstić information content (AvgIpc) is 1.84. The minimum Gasteiger partial charge on any atom is -0.395 e.